The maximum atomic E-state index is 4.46. The van der Waals surface area contributed by atoms with Crippen molar-refractivity contribution in [2.75, 3.05) is 13.1 Å². The number of benzene rings is 1. The first-order chi connectivity index (χ1) is 12.7. The molecule has 138 valence electrons. The lowest BCUT2D eigenvalue weighted by atomic mass is 9.93. The molecule has 0 bridgehead atoms. The van der Waals surface area contributed by atoms with Crippen LogP contribution < -0.4 is 0 Å². The molecule has 0 aliphatic carbocycles. The molecule has 4 rings (SSSR count). The van der Waals surface area contributed by atoms with Crippen LogP contribution in [0.4, 0.5) is 0 Å². The highest BCUT2D eigenvalue weighted by Crippen LogP contribution is 2.28. The molecule has 3 heterocycles. The second-order valence-corrected chi connectivity index (χ2v) is 6.85. The lowest BCUT2D eigenvalue weighted by Gasteiger charge is -2.33. The zero-order chi connectivity index (χ0) is 18.5. The Hall–Kier alpha value is -2.27. The molecule has 3 aromatic rings. The first-order valence-electron chi connectivity index (χ1n) is 9.64. The summed E-state index contributed by atoms with van der Waals surface area (Å²) in [7, 11) is 0. The van der Waals surface area contributed by atoms with E-state index < -0.39 is 0 Å². The summed E-state index contributed by atoms with van der Waals surface area (Å²) in [5, 5.41) is 4.38. The van der Waals surface area contributed by atoms with E-state index in [1.807, 2.05) is 25.3 Å². The van der Waals surface area contributed by atoms with Crippen molar-refractivity contribution in [2.45, 2.75) is 53.0 Å². The minimum Gasteiger partial charge on any atom is -0.298 e. The molecule has 1 aliphatic heterocycles. The summed E-state index contributed by atoms with van der Waals surface area (Å²) in [5.74, 6) is 1.19. The Labute approximate surface area is 156 Å². The fourth-order valence-corrected chi connectivity index (χ4v) is 3.64. The van der Waals surface area contributed by atoms with Gasteiger partial charge in [-0.1, -0.05) is 43.7 Å². The summed E-state index contributed by atoms with van der Waals surface area (Å²) in [4.78, 5) is 11.3. The number of hydrogen-bond donors (Lipinski definition) is 0. The van der Waals surface area contributed by atoms with Crippen LogP contribution in [0.25, 0.3) is 5.78 Å². The van der Waals surface area contributed by atoms with Crippen molar-refractivity contribution in [2.24, 2.45) is 0 Å². The maximum absolute atomic E-state index is 4.46. The number of piperidine rings is 1. The number of fused-ring (bicyclic) bond motifs is 1. The number of aromatic nitrogens is 4. The van der Waals surface area contributed by atoms with Gasteiger partial charge in [0, 0.05) is 24.7 Å². The maximum Gasteiger partial charge on any atom is 0.252 e. The molecule has 0 amide bonds. The van der Waals surface area contributed by atoms with Gasteiger partial charge >= 0.3 is 0 Å². The van der Waals surface area contributed by atoms with Crippen LogP contribution in [0.5, 0.6) is 0 Å². The second kappa shape index (κ2) is 8.41. The van der Waals surface area contributed by atoms with Crippen LogP contribution in [0, 0.1) is 13.8 Å². The summed E-state index contributed by atoms with van der Waals surface area (Å²) < 4.78 is 1.91. The molecular weight excluding hydrogens is 322 g/mol. The van der Waals surface area contributed by atoms with E-state index in [0.717, 1.165) is 25.3 Å². The second-order valence-electron chi connectivity index (χ2n) is 6.85. The molecule has 1 saturated heterocycles. The monoisotopic (exact) mass is 351 g/mol. The first kappa shape index (κ1) is 18.5. The minimum atomic E-state index is 0.482. The van der Waals surface area contributed by atoms with Gasteiger partial charge in [0.2, 0.25) is 0 Å². The molecule has 1 aliphatic rings. The third-order valence-electron chi connectivity index (χ3n) is 4.86. The average molecular weight is 351 g/mol. The van der Waals surface area contributed by atoms with Crippen LogP contribution in [-0.2, 0) is 6.54 Å². The average Bonchev–Trinajstić information content (AvgIpc) is 3.13. The Morgan fingerprint density at radius 2 is 1.88 bits per heavy atom. The van der Waals surface area contributed by atoms with Gasteiger partial charge in [-0.2, -0.15) is 10.1 Å². The van der Waals surface area contributed by atoms with Gasteiger partial charge in [0.1, 0.15) is 6.33 Å². The lowest BCUT2D eigenvalue weighted by Crippen LogP contribution is -2.34. The molecule has 2 aromatic heterocycles. The van der Waals surface area contributed by atoms with Crippen molar-refractivity contribution >= 4 is 5.78 Å². The van der Waals surface area contributed by atoms with Crippen molar-refractivity contribution < 1.29 is 0 Å². The Morgan fingerprint density at radius 1 is 1.12 bits per heavy atom. The van der Waals surface area contributed by atoms with E-state index in [1.54, 1.807) is 6.33 Å². The van der Waals surface area contributed by atoms with E-state index in [2.05, 4.69) is 57.2 Å². The molecule has 1 fully saturated rings. The quantitative estimate of drug-likeness (QED) is 0.711. The number of nitrogens with zero attached hydrogens (tertiary/aromatic N) is 5. The minimum absolute atomic E-state index is 0.482. The Bertz CT molecular complexity index is 837. The van der Waals surface area contributed by atoms with Crippen molar-refractivity contribution in [3.8, 4) is 0 Å². The third kappa shape index (κ3) is 4.10. The van der Waals surface area contributed by atoms with Crippen LogP contribution in [-0.4, -0.2) is 37.6 Å². The number of aryl methyl sites for hydroxylation is 2. The molecule has 1 aromatic carbocycles. The van der Waals surface area contributed by atoms with Gasteiger partial charge in [0.25, 0.3) is 5.78 Å². The van der Waals surface area contributed by atoms with Crippen LogP contribution >= 0.6 is 0 Å². The van der Waals surface area contributed by atoms with Crippen molar-refractivity contribution in [3.05, 3.63) is 59.2 Å². The molecule has 5 nitrogen and oxygen atoms in total. The summed E-state index contributed by atoms with van der Waals surface area (Å²) in [6.45, 7) is 11.4. The van der Waals surface area contributed by atoms with Gasteiger partial charge in [0.15, 0.2) is 0 Å². The van der Waals surface area contributed by atoms with Crippen molar-refractivity contribution in [3.63, 3.8) is 0 Å². The lowest BCUT2D eigenvalue weighted by molar-refractivity contribution is 0.197. The SMILES string of the molecule is CC.Cc1ccc(CN2CCCC(c3cc(C)nc4ncnn34)C2)cc1. The topological polar surface area (TPSA) is 46.3 Å². The Balaban J connectivity index is 0.000000948. The number of rotatable bonds is 3. The summed E-state index contributed by atoms with van der Waals surface area (Å²) >= 11 is 0. The predicted molar refractivity (Wildman–Crippen MR) is 105 cm³/mol. The molecule has 5 heteroatoms. The van der Waals surface area contributed by atoms with Gasteiger partial charge in [0.05, 0.1) is 5.69 Å². The fourth-order valence-electron chi connectivity index (χ4n) is 3.64. The van der Waals surface area contributed by atoms with Gasteiger partial charge in [-0.25, -0.2) is 9.50 Å². The van der Waals surface area contributed by atoms with E-state index in [9.17, 15) is 0 Å². The smallest absolute Gasteiger partial charge is 0.252 e. The molecule has 0 saturated carbocycles. The van der Waals surface area contributed by atoms with Crippen LogP contribution in [0.15, 0.2) is 36.7 Å². The molecule has 1 atom stereocenters. The summed E-state index contributed by atoms with van der Waals surface area (Å²) in [6.07, 6.45) is 4.01. The van der Waals surface area contributed by atoms with E-state index >= 15 is 0 Å². The highest BCUT2D eigenvalue weighted by atomic mass is 15.3. The normalized spacial score (nSPS) is 17.8. The van der Waals surface area contributed by atoms with Crippen molar-refractivity contribution in [1.29, 1.82) is 0 Å². The molecule has 0 spiro atoms. The van der Waals surface area contributed by atoms with Gasteiger partial charge in [-0.15, -0.1) is 0 Å². The van der Waals surface area contributed by atoms with E-state index in [-0.39, 0.29) is 0 Å². The van der Waals surface area contributed by atoms with Crippen LogP contribution in [0.2, 0.25) is 0 Å². The highest BCUT2D eigenvalue weighted by Gasteiger charge is 2.24. The highest BCUT2D eigenvalue weighted by molar-refractivity contribution is 5.31. The third-order valence-corrected chi connectivity index (χ3v) is 4.86. The van der Waals surface area contributed by atoms with E-state index in [0.29, 0.717) is 11.7 Å². The summed E-state index contributed by atoms with van der Waals surface area (Å²) in [5.41, 5.74) is 4.96. The van der Waals surface area contributed by atoms with Crippen LogP contribution in [0.1, 0.15) is 55.1 Å². The predicted octanol–water partition coefficient (Wildman–Crippen LogP) is 4.15. The van der Waals surface area contributed by atoms with Crippen LogP contribution in [0.3, 0.4) is 0 Å². The Morgan fingerprint density at radius 3 is 2.65 bits per heavy atom. The van der Waals surface area contributed by atoms with Gasteiger partial charge in [-0.05, 0) is 44.9 Å². The largest absolute Gasteiger partial charge is 0.298 e. The van der Waals surface area contributed by atoms with E-state index in [4.69, 9.17) is 0 Å². The van der Waals surface area contributed by atoms with E-state index in [1.165, 1.54) is 29.7 Å². The summed E-state index contributed by atoms with van der Waals surface area (Å²) in [6, 6.07) is 11.0. The molecule has 1 unspecified atom stereocenters. The zero-order valence-electron chi connectivity index (χ0n) is 16.3. The zero-order valence-corrected chi connectivity index (χ0v) is 16.3. The molecule has 0 N–H and O–H groups in total. The fraction of sp³-hybridized carbons (Fsp3) is 0.476. The number of likely N-dealkylation sites (tertiary alicyclic amines) is 1. The van der Waals surface area contributed by atoms with Gasteiger partial charge in [-0.3, -0.25) is 4.90 Å². The molecular formula is C21H29N5. The first-order valence-corrected chi connectivity index (χ1v) is 9.64. The van der Waals surface area contributed by atoms with Gasteiger partial charge < -0.3 is 0 Å². The number of hydrogen-bond acceptors (Lipinski definition) is 4. The molecule has 26 heavy (non-hydrogen) atoms. The van der Waals surface area contributed by atoms with Crippen molar-refractivity contribution in [1.82, 2.24) is 24.5 Å². The Kier molecular flexibility index (Phi) is 5.99. The standard InChI is InChI=1S/C19H23N5.C2H6/c1-14-5-7-16(8-6-14)11-23-9-3-4-17(12-23)18-10-15(2)22-19-20-13-21-24(18)19;1-2/h5-8,10,13,17H,3-4,9,11-12H2,1-2H3;1-2H3. The molecule has 0 radical (unpaired) electrons.